The molecule has 4 rings (SSSR count). The van der Waals surface area contributed by atoms with Crippen molar-refractivity contribution in [1.82, 2.24) is 5.32 Å². The number of alkyl carbamates (subject to hydrolysis) is 1. The third-order valence-corrected chi connectivity index (χ3v) is 8.58. The summed E-state index contributed by atoms with van der Waals surface area (Å²) in [7, 11) is 0. The van der Waals surface area contributed by atoms with E-state index in [0.717, 1.165) is 46.6 Å². The second-order valence-electron chi connectivity index (χ2n) is 9.17. The Balaban J connectivity index is 1.34. The average Bonchev–Trinajstić information content (AvgIpc) is 3.42. The second-order valence-corrected chi connectivity index (χ2v) is 10.3. The summed E-state index contributed by atoms with van der Waals surface area (Å²) in [6.45, 7) is 5.97. The number of carboxylic acid groups (broad SMARTS) is 1. The van der Waals surface area contributed by atoms with E-state index in [-0.39, 0.29) is 18.3 Å². The van der Waals surface area contributed by atoms with Crippen molar-refractivity contribution in [3.05, 3.63) is 56.8 Å². The molecule has 2 aliphatic rings. The van der Waals surface area contributed by atoms with Gasteiger partial charge in [0.2, 0.25) is 0 Å². The third-order valence-electron chi connectivity index (χ3n) is 7.03. The van der Waals surface area contributed by atoms with Gasteiger partial charge in [-0.3, -0.25) is 0 Å². The molecule has 1 saturated carbocycles. The molecule has 1 amide bonds. The minimum atomic E-state index is -0.913. The molecule has 2 aromatic rings. The van der Waals surface area contributed by atoms with Gasteiger partial charge in [-0.1, -0.05) is 37.3 Å². The molecule has 1 aromatic carbocycles. The number of amides is 1. The van der Waals surface area contributed by atoms with Crippen LogP contribution in [0, 0.1) is 12.8 Å². The molecule has 1 aromatic heterocycles. The molecule has 1 aliphatic carbocycles. The van der Waals surface area contributed by atoms with Crippen LogP contribution in [-0.4, -0.2) is 42.7 Å². The quantitative estimate of drug-likeness (QED) is 0.527. The first-order valence-electron chi connectivity index (χ1n) is 12.0. The van der Waals surface area contributed by atoms with Crippen molar-refractivity contribution in [2.45, 2.75) is 64.3 Å². The summed E-state index contributed by atoms with van der Waals surface area (Å²) in [6, 6.07) is 9.48. The fraction of sp³-hybridized carbons (Fsp3) is 0.538. The highest BCUT2D eigenvalue weighted by molar-refractivity contribution is 7.12. The molecule has 0 radical (unpaired) electrons. The molecule has 1 atom stereocenters. The van der Waals surface area contributed by atoms with E-state index >= 15 is 0 Å². The third kappa shape index (κ3) is 5.62. The van der Waals surface area contributed by atoms with Crippen LogP contribution >= 0.6 is 11.3 Å². The number of hydrogen-bond donors (Lipinski definition) is 2. The molecule has 1 unspecified atom stereocenters. The van der Waals surface area contributed by atoms with Crippen LogP contribution in [0.15, 0.2) is 30.3 Å². The lowest BCUT2D eigenvalue weighted by Gasteiger charge is -2.37. The first-order valence-corrected chi connectivity index (χ1v) is 12.8. The number of carbonyl (C=O) groups excluding carboxylic acids is 1. The van der Waals surface area contributed by atoms with Gasteiger partial charge in [0.05, 0.1) is 18.8 Å². The number of rotatable bonds is 8. The molecule has 2 fully saturated rings. The number of ether oxygens (including phenoxy) is 3. The van der Waals surface area contributed by atoms with Crippen molar-refractivity contribution in [2.24, 2.45) is 5.92 Å². The van der Waals surface area contributed by atoms with Gasteiger partial charge in [0.25, 0.3) is 0 Å². The molecule has 7 nitrogen and oxygen atoms in total. The molecule has 34 heavy (non-hydrogen) atoms. The van der Waals surface area contributed by atoms with Crippen LogP contribution in [0.1, 0.15) is 69.8 Å². The Morgan fingerprint density at radius 3 is 2.53 bits per heavy atom. The molecule has 1 aliphatic heterocycles. The fourth-order valence-corrected chi connectivity index (χ4v) is 6.56. The van der Waals surface area contributed by atoms with Crippen LogP contribution in [0.3, 0.4) is 0 Å². The molecule has 0 bridgehead atoms. The average molecular weight is 488 g/mol. The normalized spacial score (nSPS) is 18.6. The molecule has 8 heteroatoms. The van der Waals surface area contributed by atoms with E-state index in [0.29, 0.717) is 37.7 Å². The van der Waals surface area contributed by atoms with Gasteiger partial charge in [0.15, 0.2) is 5.79 Å². The van der Waals surface area contributed by atoms with E-state index in [4.69, 9.17) is 14.2 Å². The first kappa shape index (κ1) is 24.7. The molecule has 184 valence electrons. The van der Waals surface area contributed by atoms with E-state index in [1.54, 1.807) is 11.3 Å². The van der Waals surface area contributed by atoms with Gasteiger partial charge in [0.1, 0.15) is 6.61 Å². The van der Waals surface area contributed by atoms with E-state index < -0.39 is 12.1 Å². The summed E-state index contributed by atoms with van der Waals surface area (Å²) < 4.78 is 17.0. The minimum Gasteiger partial charge on any atom is -0.478 e. The number of benzene rings is 1. The largest absolute Gasteiger partial charge is 0.478 e. The number of thiophene rings is 1. The van der Waals surface area contributed by atoms with Crippen molar-refractivity contribution in [3.8, 4) is 0 Å². The smallest absolute Gasteiger partial charge is 0.407 e. The highest BCUT2D eigenvalue weighted by Crippen LogP contribution is 2.46. The summed E-state index contributed by atoms with van der Waals surface area (Å²) in [5.74, 6) is -0.571. The van der Waals surface area contributed by atoms with Crippen LogP contribution in [0.2, 0.25) is 0 Å². The molecular formula is C26H33NO6S. The summed E-state index contributed by atoms with van der Waals surface area (Å²) in [5, 5.41) is 12.6. The Morgan fingerprint density at radius 1 is 1.21 bits per heavy atom. The molecule has 1 spiro atoms. The van der Waals surface area contributed by atoms with Crippen LogP contribution in [0.5, 0.6) is 0 Å². The van der Waals surface area contributed by atoms with E-state index in [2.05, 4.69) is 12.2 Å². The van der Waals surface area contributed by atoms with Crippen LogP contribution in [0.25, 0.3) is 0 Å². The number of carboxylic acids is 1. The Morgan fingerprint density at radius 2 is 1.88 bits per heavy atom. The molecule has 1 saturated heterocycles. The highest BCUT2D eigenvalue weighted by Gasteiger charge is 2.42. The zero-order valence-corrected chi connectivity index (χ0v) is 20.6. The van der Waals surface area contributed by atoms with Crippen molar-refractivity contribution in [3.63, 3.8) is 0 Å². The molecule has 2 N–H and O–H groups in total. The highest BCUT2D eigenvalue weighted by atomic mass is 32.1. The van der Waals surface area contributed by atoms with Gasteiger partial charge in [-0.2, -0.15) is 0 Å². The summed E-state index contributed by atoms with van der Waals surface area (Å²) in [4.78, 5) is 26.0. The fourth-order valence-electron chi connectivity index (χ4n) is 5.11. The van der Waals surface area contributed by atoms with Crippen LogP contribution < -0.4 is 5.32 Å². The maximum Gasteiger partial charge on any atom is 0.407 e. The zero-order valence-electron chi connectivity index (χ0n) is 19.8. The molecule has 2 heterocycles. The van der Waals surface area contributed by atoms with Crippen molar-refractivity contribution in [1.29, 1.82) is 0 Å². The lowest BCUT2D eigenvalue weighted by molar-refractivity contribution is -0.183. The maximum absolute atomic E-state index is 12.1. The summed E-state index contributed by atoms with van der Waals surface area (Å²) >= 11 is 1.57. The summed E-state index contributed by atoms with van der Waals surface area (Å²) in [5.41, 5.74) is 2.14. The Bertz CT molecular complexity index is 988. The van der Waals surface area contributed by atoms with Crippen LogP contribution in [-0.2, 0) is 27.2 Å². The van der Waals surface area contributed by atoms with E-state index in [9.17, 15) is 14.7 Å². The predicted octanol–water partition coefficient (Wildman–Crippen LogP) is 5.26. The number of carbonyl (C=O) groups is 2. The molecular weight excluding hydrogens is 454 g/mol. The van der Waals surface area contributed by atoms with Gasteiger partial charge >= 0.3 is 12.1 Å². The SMILES string of the molecule is Cc1c(C(C)C2CCC3(CC2)OCCO3)sc(CCNC(=O)OCc2ccccc2)c1C(=O)O. The lowest BCUT2D eigenvalue weighted by atomic mass is 9.77. The maximum atomic E-state index is 12.1. The van der Waals surface area contributed by atoms with Crippen LogP contribution in [0.4, 0.5) is 4.79 Å². The van der Waals surface area contributed by atoms with Gasteiger partial charge < -0.3 is 24.6 Å². The van der Waals surface area contributed by atoms with Crippen molar-refractivity contribution < 1.29 is 28.9 Å². The Labute approximate surface area is 204 Å². The van der Waals surface area contributed by atoms with E-state index in [1.165, 1.54) is 0 Å². The predicted molar refractivity (Wildman–Crippen MR) is 129 cm³/mol. The zero-order chi connectivity index (χ0) is 24.1. The van der Waals surface area contributed by atoms with E-state index in [1.807, 2.05) is 37.3 Å². The van der Waals surface area contributed by atoms with Gasteiger partial charge in [-0.15, -0.1) is 11.3 Å². The monoisotopic (exact) mass is 487 g/mol. The van der Waals surface area contributed by atoms with Gasteiger partial charge in [-0.25, -0.2) is 9.59 Å². The number of hydrogen-bond acceptors (Lipinski definition) is 6. The van der Waals surface area contributed by atoms with Gasteiger partial charge in [-0.05, 0) is 42.7 Å². The van der Waals surface area contributed by atoms with Gasteiger partial charge in [0, 0.05) is 35.6 Å². The Hall–Kier alpha value is -2.42. The standard InChI is InChI=1S/C26H33NO6S/c1-17(20-8-11-26(12-9-20)32-14-15-33-26)23-18(2)22(24(28)29)21(34-23)10-13-27-25(30)31-16-19-6-4-3-5-7-19/h3-7,17,20H,8-16H2,1-2H3,(H,27,30)(H,28,29). The second kappa shape index (κ2) is 10.9. The lowest BCUT2D eigenvalue weighted by Crippen LogP contribution is -2.36. The summed E-state index contributed by atoms with van der Waals surface area (Å²) in [6.07, 6.45) is 3.74. The number of nitrogens with one attached hydrogen (secondary N) is 1. The minimum absolute atomic E-state index is 0.200. The van der Waals surface area contributed by atoms with Crippen molar-refractivity contribution >= 4 is 23.4 Å². The Kier molecular flexibility index (Phi) is 7.91. The first-order chi connectivity index (χ1) is 16.4. The topological polar surface area (TPSA) is 94.1 Å². The number of aromatic carboxylic acids is 1. The van der Waals surface area contributed by atoms with Crippen molar-refractivity contribution in [2.75, 3.05) is 19.8 Å².